The van der Waals surface area contributed by atoms with E-state index in [1.807, 2.05) is 18.2 Å². The number of anilines is 1. The summed E-state index contributed by atoms with van der Waals surface area (Å²) in [4.78, 5) is 0. The predicted molar refractivity (Wildman–Crippen MR) is 81.9 cm³/mol. The van der Waals surface area contributed by atoms with Crippen LogP contribution in [-0.2, 0) is 4.74 Å². The fourth-order valence-electron chi connectivity index (χ4n) is 2.22. The largest absolute Gasteiger partial charge is 0.389 e. The molecule has 0 heterocycles. The van der Waals surface area contributed by atoms with Crippen LogP contribution in [0, 0.1) is 0 Å². The SMILES string of the molecule is OC(CNc1cc(Br)ccc1Cl)COC1CCCC1. The molecule has 1 aromatic carbocycles. The van der Waals surface area contributed by atoms with Crippen LogP contribution in [0.2, 0.25) is 5.02 Å². The van der Waals surface area contributed by atoms with Crippen molar-refractivity contribution in [1.29, 1.82) is 0 Å². The van der Waals surface area contributed by atoms with Gasteiger partial charge in [0.15, 0.2) is 0 Å². The molecule has 1 atom stereocenters. The highest BCUT2D eigenvalue weighted by Gasteiger charge is 2.16. The van der Waals surface area contributed by atoms with E-state index in [9.17, 15) is 5.11 Å². The molecular weight excluding hydrogens is 330 g/mol. The fourth-order valence-corrected chi connectivity index (χ4v) is 2.77. The second kappa shape index (κ2) is 7.48. The average Bonchev–Trinajstić information content (AvgIpc) is 2.90. The van der Waals surface area contributed by atoms with Crippen molar-refractivity contribution >= 4 is 33.2 Å². The summed E-state index contributed by atoms with van der Waals surface area (Å²) in [5.74, 6) is 0. The molecule has 0 bridgehead atoms. The van der Waals surface area contributed by atoms with Crippen LogP contribution in [0.15, 0.2) is 22.7 Å². The molecular formula is C14H19BrClNO2. The second-order valence-electron chi connectivity index (χ2n) is 4.90. The Morgan fingerprint density at radius 1 is 1.42 bits per heavy atom. The summed E-state index contributed by atoms with van der Waals surface area (Å²) in [6.45, 7) is 0.812. The summed E-state index contributed by atoms with van der Waals surface area (Å²) in [6, 6.07) is 5.59. The molecule has 1 aromatic rings. The van der Waals surface area contributed by atoms with Crippen molar-refractivity contribution in [1.82, 2.24) is 0 Å². The van der Waals surface area contributed by atoms with Crippen LogP contribution in [0.1, 0.15) is 25.7 Å². The Morgan fingerprint density at radius 2 is 2.16 bits per heavy atom. The molecule has 0 saturated heterocycles. The molecule has 1 fully saturated rings. The first-order valence-electron chi connectivity index (χ1n) is 6.64. The Hall–Kier alpha value is -0.290. The van der Waals surface area contributed by atoms with E-state index in [2.05, 4.69) is 21.2 Å². The molecule has 1 aliphatic rings. The summed E-state index contributed by atoms with van der Waals surface area (Å²) in [5, 5.41) is 13.7. The van der Waals surface area contributed by atoms with E-state index in [1.54, 1.807) is 0 Å². The van der Waals surface area contributed by atoms with Crippen molar-refractivity contribution in [3.05, 3.63) is 27.7 Å². The van der Waals surface area contributed by atoms with Gasteiger partial charge in [0, 0.05) is 11.0 Å². The first-order valence-corrected chi connectivity index (χ1v) is 7.81. The van der Waals surface area contributed by atoms with E-state index in [4.69, 9.17) is 16.3 Å². The monoisotopic (exact) mass is 347 g/mol. The highest BCUT2D eigenvalue weighted by atomic mass is 79.9. The number of ether oxygens (including phenoxy) is 1. The fraction of sp³-hybridized carbons (Fsp3) is 0.571. The van der Waals surface area contributed by atoms with E-state index < -0.39 is 6.10 Å². The summed E-state index contributed by atoms with van der Waals surface area (Å²) in [5.41, 5.74) is 0.816. The molecule has 1 aliphatic carbocycles. The van der Waals surface area contributed by atoms with Crippen molar-refractivity contribution in [3.63, 3.8) is 0 Å². The van der Waals surface area contributed by atoms with Gasteiger partial charge in [0.05, 0.1) is 29.5 Å². The Balaban J connectivity index is 1.73. The van der Waals surface area contributed by atoms with Gasteiger partial charge in [0.25, 0.3) is 0 Å². The van der Waals surface area contributed by atoms with Gasteiger partial charge in [0.1, 0.15) is 0 Å². The lowest BCUT2D eigenvalue weighted by atomic mass is 10.3. The van der Waals surface area contributed by atoms with Crippen LogP contribution in [0.25, 0.3) is 0 Å². The van der Waals surface area contributed by atoms with Crippen molar-refractivity contribution in [2.75, 3.05) is 18.5 Å². The topological polar surface area (TPSA) is 41.5 Å². The van der Waals surface area contributed by atoms with Crippen LogP contribution < -0.4 is 5.32 Å². The van der Waals surface area contributed by atoms with Crippen LogP contribution in [0.4, 0.5) is 5.69 Å². The van der Waals surface area contributed by atoms with Crippen LogP contribution in [-0.4, -0.2) is 30.5 Å². The summed E-state index contributed by atoms with van der Waals surface area (Å²) < 4.78 is 6.63. The van der Waals surface area contributed by atoms with Crippen molar-refractivity contribution in [2.45, 2.75) is 37.9 Å². The third kappa shape index (κ3) is 4.95. The molecule has 2 N–H and O–H groups in total. The number of hydrogen-bond donors (Lipinski definition) is 2. The molecule has 0 amide bonds. The highest BCUT2D eigenvalue weighted by Crippen LogP contribution is 2.25. The van der Waals surface area contributed by atoms with Gasteiger partial charge in [-0.05, 0) is 31.0 Å². The normalized spacial score (nSPS) is 17.6. The molecule has 0 aromatic heterocycles. The quantitative estimate of drug-likeness (QED) is 0.821. The molecule has 0 aliphatic heterocycles. The van der Waals surface area contributed by atoms with E-state index in [-0.39, 0.29) is 0 Å². The zero-order valence-electron chi connectivity index (χ0n) is 10.7. The maximum Gasteiger partial charge on any atom is 0.0945 e. The third-order valence-electron chi connectivity index (χ3n) is 3.28. The Morgan fingerprint density at radius 3 is 2.89 bits per heavy atom. The molecule has 2 rings (SSSR count). The number of aliphatic hydroxyl groups excluding tert-OH is 1. The van der Waals surface area contributed by atoms with Gasteiger partial charge in [-0.3, -0.25) is 0 Å². The Kier molecular flexibility index (Phi) is 5.95. The standard InChI is InChI=1S/C14H19BrClNO2/c15-10-5-6-13(16)14(7-10)17-8-11(18)9-19-12-3-1-2-4-12/h5-7,11-12,17-18H,1-4,8-9H2. The Bertz CT molecular complexity index is 410. The number of hydrogen-bond acceptors (Lipinski definition) is 3. The van der Waals surface area contributed by atoms with Gasteiger partial charge < -0.3 is 15.2 Å². The second-order valence-corrected chi connectivity index (χ2v) is 6.22. The number of halogens is 2. The molecule has 0 radical (unpaired) electrons. The van der Waals surface area contributed by atoms with E-state index >= 15 is 0 Å². The maximum absolute atomic E-state index is 9.89. The first kappa shape index (κ1) is 15.1. The van der Waals surface area contributed by atoms with E-state index in [1.165, 1.54) is 12.8 Å². The van der Waals surface area contributed by atoms with Crippen molar-refractivity contribution < 1.29 is 9.84 Å². The summed E-state index contributed by atoms with van der Waals surface area (Å²) in [6.07, 6.45) is 4.55. The third-order valence-corrected chi connectivity index (χ3v) is 4.11. The highest BCUT2D eigenvalue weighted by molar-refractivity contribution is 9.10. The lowest BCUT2D eigenvalue weighted by Crippen LogP contribution is -2.27. The summed E-state index contributed by atoms with van der Waals surface area (Å²) >= 11 is 9.46. The minimum Gasteiger partial charge on any atom is -0.389 e. The van der Waals surface area contributed by atoms with Gasteiger partial charge in [-0.15, -0.1) is 0 Å². The average molecular weight is 349 g/mol. The number of aliphatic hydroxyl groups is 1. The predicted octanol–water partition coefficient (Wildman–Crippen LogP) is 3.83. The minimum atomic E-state index is -0.518. The van der Waals surface area contributed by atoms with Gasteiger partial charge in [-0.1, -0.05) is 40.4 Å². The van der Waals surface area contributed by atoms with Crippen molar-refractivity contribution in [2.24, 2.45) is 0 Å². The lowest BCUT2D eigenvalue weighted by molar-refractivity contribution is -0.00117. The maximum atomic E-state index is 9.89. The van der Waals surface area contributed by atoms with Crippen LogP contribution in [0.5, 0.6) is 0 Å². The lowest BCUT2D eigenvalue weighted by Gasteiger charge is -2.17. The van der Waals surface area contributed by atoms with E-state index in [0.29, 0.717) is 24.3 Å². The first-order chi connectivity index (χ1) is 9.15. The molecule has 0 spiro atoms. The number of benzene rings is 1. The van der Waals surface area contributed by atoms with Gasteiger partial charge >= 0.3 is 0 Å². The molecule has 19 heavy (non-hydrogen) atoms. The zero-order chi connectivity index (χ0) is 13.7. The molecule has 1 saturated carbocycles. The zero-order valence-corrected chi connectivity index (χ0v) is 13.1. The van der Waals surface area contributed by atoms with Crippen LogP contribution in [0.3, 0.4) is 0 Å². The smallest absolute Gasteiger partial charge is 0.0945 e. The summed E-state index contributed by atoms with van der Waals surface area (Å²) in [7, 11) is 0. The van der Waals surface area contributed by atoms with Gasteiger partial charge in [-0.25, -0.2) is 0 Å². The number of nitrogens with one attached hydrogen (secondary N) is 1. The van der Waals surface area contributed by atoms with Gasteiger partial charge in [0.2, 0.25) is 0 Å². The number of rotatable bonds is 6. The van der Waals surface area contributed by atoms with Gasteiger partial charge in [-0.2, -0.15) is 0 Å². The molecule has 5 heteroatoms. The van der Waals surface area contributed by atoms with E-state index in [0.717, 1.165) is 23.0 Å². The van der Waals surface area contributed by atoms with Crippen molar-refractivity contribution in [3.8, 4) is 0 Å². The molecule has 106 valence electrons. The minimum absolute atomic E-state index is 0.337. The van der Waals surface area contributed by atoms with Crippen LogP contribution >= 0.6 is 27.5 Å². The molecule has 1 unspecified atom stereocenters. The molecule has 3 nitrogen and oxygen atoms in total. The Labute approximate surface area is 127 Å².